The molecule has 0 unspecified atom stereocenters. The van der Waals surface area contributed by atoms with Crippen molar-refractivity contribution in [1.29, 1.82) is 0 Å². The number of nitrogens with zero attached hydrogens (tertiary/aromatic N) is 2. The molecule has 2 aromatic rings. The summed E-state index contributed by atoms with van der Waals surface area (Å²) in [6.07, 6.45) is 12.2. The number of halogens is 1. The Morgan fingerprint density at radius 1 is 0.591 bits per heavy atom. The quantitative estimate of drug-likeness (QED) is 0.0435. The molecule has 0 radical (unpaired) electrons. The molecule has 0 atom stereocenters. The lowest BCUT2D eigenvalue weighted by molar-refractivity contribution is -0.141. The van der Waals surface area contributed by atoms with Crippen LogP contribution in [0.2, 0.25) is 0 Å². The largest absolute Gasteiger partial charge is 0.508 e. The maximum atomic E-state index is 10.6. The van der Waals surface area contributed by atoms with Gasteiger partial charge in [-0.25, -0.2) is 24.0 Å². The molecule has 1 aromatic heterocycles. The average Bonchev–Trinajstić information content (AvgIpc) is 3.77. The summed E-state index contributed by atoms with van der Waals surface area (Å²) in [6.45, 7) is 18.5. The number of methoxy groups -OCH3 is 5. The molecule has 0 spiro atoms. The van der Waals surface area contributed by atoms with E-state index in [1.54, 1.807) is 14.0 Å². The highest BCUT2D eigenvalue weighted by atomic mass is 79.9. The van der Waals surface area contributed by atoms with E-state index in [0.29, 0.717) is 44.2 Å². The van der Waals surface area contributed by atoms with Crippen molar-refractivity contribution in [1.82, 2.24) is 10.1 Å². The van der Waals surface area contributed by atoms with Crippen LogP contribution in [-0.4, -0.2) is 122 Å². The highest BCUT2D eigenvalue weighted by molar-refractivity contribution is 9.10. The SMILES string of the molecule is C=CC(=O)OCCCCOC(=O)OC.C=CC(=O)OCCOC(=O)OC.CCCCCC(=O)OC.CCCCCCOC.CCCCOC(=O)OC.Cc1nc(-c2ccc(C)c(Br)c2)no1. The monoisotopic (exact) mass is 1010 g/mol. The zero-order valence-electron chi connectivity index (χ0n) is 40.7. The molecule has 2 rings (SSSR count). The van der Waals surface area contributed by atoms with Crippen molar-refractivity contribution in [3.63, 3.8) is 0 Å². The fourth-order valence-electron chi connectivity index (χ4n) is 3.84. The van der Waals surface area contributed by atoms with Crippen molar-refractivity contribution in [2.24, 2.45) is 0 Å². The van der Waals surface area contributed by atoms with Crippen molar-refractivity contribution in [3.05, 3.63) is 59.4 Å². The first kappa shape index (κ1) is 67.1. The van der Waals surface area contributed by atoms with E-state index in [2.05, 4.69) is 91.0 Å². The topological polar surface area (TPSA) is 234 Å². The van der Waals surface area contributed by atoms with Gasteiger partial charge < -0.3 is 51.9 Å². The fourth-order valence-corrected chi connectivity index (χ4v) is 4.22. The number of carbonyl (C=O) groups excluding carboxylic acids is 6. The van der Waals surface area contributed by atoms with E-state index in [1.165, 1.54) is 59.7 Å². The van der Waals surface area contributed by atoms with E-state index < -0.39 is 30.4 Å². The maximum Gasteiger partial charge on any atom is 0.508 e. The predicted octanol–water partition coefficient (Wildman–Crippen LogP) is 10.4. The Kier molecular flexibility index (Phi) is 51.3. The number of unbranched alkanes of at least 4 members (excludes halogenated alkanes) is 7. The molecule has 1 heterocycles. The molecule has 1 aromatic carbocycles. The van der Waals surface area contributed by atoms with Crippen LogP contribution in [0, 0.1) is 13.8 Å². The van der Waals surface area contributed by atoms with E-state index in [0.717, 1.165) is 60.9 Å². The lowest BCUT2D eigenvalue weighted by Crippen LogP contribution is -2.12. The van der Waals surface area contributed by atoms with Crippen LogP contribution in [0.5, 0.6) is 0 Å². The van der Waals surface area contributed by atoms with Crippen LogP contribution >= 0.6 is 15.9 Å². The van der Waals surface area contributed by atoms with Crippen molar-refractivity contribution in [2.45, 2.75) is 112 Å². The molecule has 20 heteroatoms. The molecule has 378 valence electrons. The Bertz CT molecular complexity index is 1540. The fraction of sp³-hybridized carbons (Fsp3) is 0.609. The number of hydrogen-bond donors (Lipinski definition) is 0. The number of carbonyl (C=O) groups is 6. The Labute approximate surface area is 399 Å². The van der Waals surface area contributed by atoms with Crippen LogP contribution < -0.4 is 0 Å². The number of aromatic nitrogens is 2. The summed E-state index contributed by atoms with van der Waals surface area (Å²) >= 11 is 3.46. The zero-order valence-corrected chi connectivity index (χ0v) is 42.3. The first-order valence-corrected chi connectivity index (χ1v) is 22.2. The third kappa shape index (κ3) is 48.0. The lowest BCUT2D eigenvalue weighted by Gasteiger charge is -2.03. The maximum absolute atomic E-state index is 10.6. The first-order valence-electron chi connectivity index (χ1n) is 21.4. The number of ether oxygens (including phenoxy) is 10. The summed E-state index contributed by atoms with van der Waals surface area (Å²) < 4.78 is 50.7. The molecule has 0 saturated heterocycles. The Hall–Kier alpha value is -5.50. The predicted molar refractivity (Wildman–Crippen MR) is 251 cm³/mol. The molecular formula is C46H75BrN2O17. The first-order chi connectivity index (χ1) is 31.6. The molecular weight excluding hydrogens is 932 g/mol. The van der Waals surface area contributed by atoms with Gasteiger partial charge in [-0.15, -0.1) is 0 Å². The Morgan fingerprint density at radius 2 is 1.05 bits per heavy atom. The minimum atomic E-state index is -0.801. The van der Waals surface area contributed by atoms with Gasteiger partial charge in [0.05, 0.1) is 48.3 Å². The van der Waals surface area contributed by atoms with Crippen LogP contribution in [0.15, 0.2) is 52.5 Å². The van der Waals surface area contributed by atoms with E-state index in [-0.39, 0.29) is 25.8 Å². The van der Waals surface area contributed by atoms with Gasteiger partial charge in [0.1, 0.15) is 13.2 Å². The number of hydrogen-bond acceptors (Lipinski definition) is 19. The number of rotatable bonds is 23. The minimum Gasteiger partial charge on any atom is -0.469 e. The summed E-state index contributed by atoms with van der Waals surface area (Å²) in [5.41, 5.74) is 2.15. The summed E-state index contributed by atoms with van der Waals surface area (Å²) in [5.74, 6) is 0.116. The number of esters is 3. The summed E-state index contributed by atoms with van der Waals surface area (Å²) in [5, 5.41) is 3.85. The normalized spacial score (nSPS) is 9.26. The molecule has 0 aliphatic heterocycles. The molecule has 0 aliphatic carbocycles. The third-order valence-corrected chi connectivity index (χ3v) is 8.33. The molecule has 0 amide bonds. The van der Waals surface area contributed by atoms with Crippen molar-refractivity contribution in [3.8, 4) is 11.4 Å². The molecule has 0 N–H and O–H groups in total. The molecule has 0 fully saturated rings. The molecule has 0 aliphatic rings. The van der Waals surface area contributed by atoms with Crippen LogP contribution in [0.4, 0.5) is 14.4 Å². The second-order valence-corrected chi connectivity index (χ2v) is 13.8. The van der Waals surface area contributed by atoms with Gasteiger partial charge in [0.2, 0.25) is 11.7 Å². The van der Waals surface area contributed by atoms with Gasteiger partial charge in [0, 0.05) is 49.2 Å². The minimum absolute atomic E-state index is 0.0000463. The average molecular weight is 1010 g/mol. The highest BCUT2D eigenvalue weighted by Gasteiger charge is 2.07. The van der Waals surface area contributed by atoms with Gasteiger partial charge in [-0.1, -0.05) is 106 Å². The van der Waals surface area contributed by atoms with E-state index in [9.17, 15) is 28.8 Å². The molecule has 0 bridgehead atoms. The Morgan fingerprint density at radius 3 is 1.48 bits per heavy atom. The number of aryl methyl sites for hydroxylation is 2. The van der Waals surface area contributed by atoms with Crippen LogP contribution in [0.25, 0.3) is 11.4 Å². The lowest BCUT2D eigenvalue weighted by atomic mass is 10.1. The Balaban J connectivity index is -0.000000355. The summed E-state index contributed by atoms with van der Waals surface area (Å²) in [6, 6.07) is 5.98. The molecule has 66 heavy (non-hydrogen) atoms. The van der Waals surface area contributed by atoms with Crippen LogP contribution in [-0.2, 0) is 61.8 Å². The van der Waals surface area contributed by atoms with E-state index in [1.807, 2.05) is 32.0 Å². The zero-order chi connectivity index (χ0) is 50.8. The number of benzene rings is 1. The second kappa shape index (κ2) is 50.5. The standard InChI is InChI=1S/C10H9BrN2O.C9H14O5.C7H10O5.C7H14O2.C7H16O.C6H12O3/c1-6-3-4-8(5-9(6)11)10-12-7(2)14-13-10;1-3-8(10)13-6-4-5-7-14-9(11)12-2;1-3-6(8)11-4-5-12-7(9)10-2;1-3-4-5-6-7(8)9-2;1-3-4-5-6-7-8-2;1-3-4-5-9-6(7)8-2/h3-5H,1-2H3;3H,1,4-7H2,2H3;3H,1,4-5H2,2H3;3-6H2,1-2H3;3-7H2,1-2H3;3-5H2,1-2H3. The van der Waals surface area contributed by atoms with Crippen molar-refractivity contribution < 1.29 is 80.7 Å². The van der Waals surface area contributed by atoms with E-state index >= 15 is 0 Å². The highest BCUT2D eigenvalue weighted by Crippen LogP contribution is 2.23. The molecule has 19 nitrogen and oxygen atoms in total. The van der Waals surface area contributed by atoms with Crippen molar-refractivity contribution >= 4 is 52.3 Å². The van der Waals surface area contributed by atoms with Gasteiger partial charge in [0.15, 0.2) is 0 Å². The van der Waals surface area contributed by atoms with Crippen LogP contribution in [0.3, 0.4) is 0 Å². The van der Waals surface area contributed by atoms with Crippen molar-refractivity contribution in [2.75, 3.05) is 75.2 Å². The smallest absolute Gasteiger partial charge is 0.469 e. The van der Waals surface area contributed by atoms with Gasteiger partial charge in [-0.2, -0.15) is 4.98 Å². The molecule has 0 saturated carbocycles. The summed E-state index contributed by atoms with van der Waals surface area (Å²) in [7, 11) is 6.92. The van der Waals surface area contributed by atoms with Gasteiger partial charge >= 0.3 is 36.4 Å². The third-order valence-electron chi connectivity index (χ3n) is 7.47. The van der Waals surface area contributed by atoms with Crippen LogP contribution in [0.1, 0.15) is 109 Å². The van der Waals surface area contributed by atoms with Gasteiger partial charge in [-0.3, -0.25) is 4.79 Å². The van der Waals surface area contributed by atoms with Gasteiger partial charge in [-0.05, 0) is 50.7 Å². The van der Waals surface area contributed by atoms with Gasteiger partial charge in [0.25, 0.3) is 0 Å². The second-order valence-electron chi connectivity index (χ2n) is 12.9. The van der Waals surface area contributed by atoms with E-state index in [4.69, 9.17) is 14.0 Å². The summed E-state index contributed by atoms with van der Waals surface area (Å²) in [4.78, 5) is 66.6.